The monoisotopic (exact) mass is 687 g/mol. The summed E-state index contributed by atoms with van der Waals surface area (Å²) >= 11 is 1.87. The quantitative estimate of drug-likeness (QED) is 0.0655. The van der Waals surface area contributed by atoms with Crippen molar-refractivity contribution in [1.82, 2.24) is 5.32 Å². The summed E-state index contributed by atoms with van der Waals surface area (Å²) in [6.07, 6.45) is 1.78. The van der Waals surface area contributed by atoms with E-state index in [4.69, 9.17) is 13.9 Å². The molecule has 0 unspecified atom stereocenters. The summed E-state index contributed by atoms with van der Waals surface area (Å²) in [5, 5.41) is 2.94. The molecule has 0 bridgehead atoms. The Morgan fingerprint density at radius 2 is 1.55 bits per heavy atom. The van der Waals surface area contributed by atoms with E-state index < -0.39 is 19.7 Å². The predicted molar refractivity (Wildman–Crippen MR) is 193 cm³/mol. The topological polar surface area (TPSA) is 108 Å². The summed E-state index contributed by atoms with van der Waals surface area (Å²) in [7, 11) is -1.86. The van der Waals surface area contributed by atoms with Crippen LogP contribution < -0.4 is 5.32 Å². The van der Waals surface area contributed by atoms with Crippen LogP contribution in [0.3, 0.4) is 0 Å². The van der Waals surface area contributed by atoms with Gasteiger partial charge in [0.15, 0.2) is 19.9 Å². The van der Waals surface area contributed by atoms with Gasteiger partial charge in [-0.15, -0.1) is 0 Å². The van der Waals surface area contributed by atoms with Crippen LogP contribution in [-0.4, -0.2) is 70.5 Å². The van der Waals surface area contributed by atoms with Crippen LogP contribution in [-0.2, 0) is 38.8 Å². The fourth-order valence-corrected chi connectivity index (χ4v) is 7.11. The number of benzene rings is 1. The molecule has 2 rings (SSSR count). The molecule has 1 aromatic carbocycles. The van der Waals surface area contributed by atoms with E-state index in [0.717, 1.165) is 17.9 Å². The van der Waals surface area contributed by atoms with E-state index in [9.17, 15) is 19.2 Å². The van der Waals surface area contributed by atoms with Crippen molar-refractivity contribution in [2.24, 2.45) is 5.41 Å². The van der Waals surface area contributed by atoms with E-state index in [0.29, 0.717) is 55.1 Å². The van der Waals surface area contributed by atoms with Crippen LogP contribution in [0.15, 0.2) is 52.6 Å². The molecule has 0 atom stereocenters. The van der Waals surface area contributed by atoms with Crippen LogP contribution in [0.5, 0.6) is 0 Å². The maximum Gasteiger partial charge on any atom is 0.306 e. The van der Waals surface area contributed by atoms with Gasteiger partial charge in [-0.25, -0.2) is 0 Å². The van der Waals surface area contributed by atoms with E-state index in [2.05, 4.69) is 51.3 Å². The number of thioether (sulfide) groups is 1. The maximum absolute atomic E-state index is 13.5. The molecular weight excluding hydrogens is 631 g/mol. The molecule has 1 aliphatic rings. The molecule has 0 spiro atoms. The second-order valence-electron chi connectivity index (χ2n) is 14.4. The molecule has 0 radical (unpaired) electrons. The van der Waals surface area contributed by atoms with Crippen LogP contribution in [0.2, 0.25) is 18.1 Å². The maximum atomic E-state index is 13.5. The molecule has 0 fully saturated rings. The number of hydrogen-bond donors (Lipinski definition) is 1. The van der Waals surface area contributed by atoms with Crippen molar-refractivity contribution in [3.63, 3.8) is 0 Å². The number of nitrogens with one attached hydrogen (secondary N) is 1. The fourth-order valence-electron chi connectivity index (χ4n) is 5.13. The minimum absolute atomic E-state index is 0.0264. The number of rotatable bonds is 20. The van der Waals surface area contributed by atoms with E-state index in [1.54, 1.807) is 27.7 Å². The standard InChI is InChI=1S/C37H57NO7SSi/c1-27-30(17-18-31(39)38-19-23-43-20-14-24-46-26-29-15-11-10-12-16-29)34(41)28(2)33(35(27)42)37(6,7)25-32(40)44-21-13-22-45-47(8,9)36(3,4)5/h10-12,15-16H,13-14,17-26H2,1-9H3,(H,38,39). The summed E-state index contributed by atoms with van der Waals surface area (Å²) in [5.74, 6) is 0.873. The average molecular weight is 688 g/mol. The van der Waals surface area contributed by atoms with Crippen molar-refractivity contribution < 1.29 is 33.1 Å². The van der Waals surface area contributed by atoms with Crippen molar-refractivity contribution >= 4 is 43.5 Å². The predicted octanol–water partition coefficient (Wildman–Crippen LogP) is 7.38. The summed E-state index contributed by atoms with van der Waals surface area (Å²) in [5.41, 5.74) is 1.77. The molecule has 1 amide bonds. The number of carbonyl (C=O) groups excluding carboxylic acids is 4. The molecule has 1 aromatic rings. The summed E-state index contributed by atoms with van der Waals surface area (Å²) in [6, 6.07) is 10.4. The van der Waals surface area contributed by atoms with Gasteiger partial charge in [0.1, 0.15) is 0 Å². The Balaban J connectivity index is 1.74. The van der Waals surface area contributed by atoms with E-state index >= 15 is 0 Å². The molecule has 0 heterocycles. The largest absolute Gasteiger partial charge is 0.466 e. The highest BCUT2D eigenvalue weighted by Crippen LogP contribution is 2.40. The molecule has 0 saturated carbocycles. The summed E-state index contributed by atoms with van der Waals surface area (Å²) < 4.78 is 17.3. The molecule has 8 nitrogen and oxygen atoms in total. The van der Waals surface area contributed by atoms with Gasteiger partial charge in [-0.2, -0.15) is 11.8 Å². The van der Waals surface area contributed by atoms with Gasteiger partial charge >= 0.3 is 5.97 Å². The first-order valence-corrected chi connectivity index (χ1v) is 20.8. The van der Waals surface area contributed by atoms with Crippen molar-refractivity contribution in [3.8, 4) is 0 Å². The Bertz CT molecular complexity index is 1300. The second kappa shape index (κ2) is 18.9. The van der Waals surface area contributed by atoms with E-state index in [1.807, 2.05) is 30.0 Å². The van der Waals surface area contributed by atoms with Gasteiger partial charge in [-0.3, -0.25) is 19.2 Å². The zero-order valence-electron chi connectivity index (χ0n) is 30.1. The zero-order chi connectivity index (χ0) is 35.3. The number of ketones is 2. The SMILES string of the molecule is CC1=C(CCC(=O)NCCOCCCSCc2ccccc2)C(=O)C(C)=C(C(C)(C)CC(=O)OCCCO[Si](C)(C)C(C)(C)C)C1=O. The van der Waals surface area contributed by atoms with Gasteiger partial charge in [0, 0.05) is 66.1 Å². The number of ether oxygens (including phenoxy) is 2. The Morgan fingerprint density at radius 1 is 0.872 bits per heavy atom. The third-order valence-electron chi connectivity index (χ3n) is 8.95. The van der Waals surface area contributed by atoms with Crippen LogP contribution in [0.25, 0.3) is 0 Å². The summed E-state index contributed by atoms with van der Waals surface area (Å²) in [4.78, 5) is 52.1. The minimum Gasteiger partial charge on any atom is -0.466 e. The Labute approximate surface area is 288 Å². The number of allylic oxidation sites excluding steroid dienone is 4. The van der Waals surface area contributed by atoms with Crippen LogP contribution in [0.4, 0.5) is 0 Å². The number of hydrogen-bond acceptors (Lipinski definition) is 8. The molecule has 10 heteroatoms. The van der Waals surface area contributed by atoms with Gasteiger partial charge in [0.2, 0.25) is 5.91 Å². The highest BCUT2D eigenvalue weighted by Gasteiger charge is 2.40. The van der Waals surface area contributed by atoms with Crippen molar-refractivity contribution in [3.05, 3.63) is 58.2 Å². The molecule has 0 aliphatic heterocycles. The van der Waals surface area contributed by atoms with Gasteiger partial charge in [0.25, 0.3) is 0 Å². The number of Topliss-reactive ketones (excluding diaryl/α,β-unsaturated/α-hetero) is 2. The van der Waals surface area contributed by atoms with Crippen LogP contribution in [0, 0.1) is 5.41 Å². The molecule has 0 saturated heterocycles. The lowest BCUT2D eigenvalue weighted by Crippen LogP contribution is -2.41. The van der Waals surface area contributed by atoms with Gasteiger partial charge in [0.05, 0.1) is 19.6 Å². The van der Waals surface area contributed by atoms with E-state index in [-0.39, 0.29) is 48.4 Å². The Morgan fingerprint density at radius 3 is 2.21 bits per heavy atom. The number of carbonyl (C=O) groups is 4. The van der Waals surface area contributed by atoms with Crippen molar-refractivity contribution in [2.75, 3.05) is 38.7 Å². The zero-order valence-corrected chi connectivity index (χ0v) is 32.0. The molecule has 1 aliphatic carbocycles. The fraction of sp³-hybridized carbons (Fsp3) is 0.622. The number of esters is 1. The first-order chi connectivity index (χ1) is 22.0. The van der Waals surface area contributed by atoms with Gasteiger partial charge in [-0.1, -0.05) is 65.0 Å². The number of amides is 1. The Hall–Kier alpha value is -2.53. The smallest absolute Gasteiger partial charge is 0.306 e. The lowest BCUT2D eigenvalue weighted by Gasteiger charge is -2.36. The second-order valence-corrected chi connectivity index (χ2v) is 20.3. The van der Waals surface area contributed by atoms with Crippen LogP contribution >= 0.6 is 11.8 Å². The highest BCUT2D eigenvalue weighted by molar-refractivity contribution is 7.98. The van der Waals surface area contributed by atoms with Crippen molar-refractivity contribution in [2.45, 2.75) is 104 Å². The molecule has 47 heavy (non-hydrogen) atoms. The third kappa shape index (κ3) is 13.1. The molecular formula is C37H57NO7SSi. The molecule has 262 valence electrons. The first kappa shape index (κ1) is 40.6. The highest BCUT2D eigenvalue weighted by atomic mass is 32.2. The molecule has 1 N–H and O–H groups in total. The first-order valence-electron chi connectivity index (χ1n) is 16.7. The van der Waals surface area contributed by atoms with Gasteiger partial charge in [-0.05, 0) is 56.1 Å². The normalized spacial score (nSPS) is 14.6. The minimum atomic E-state index is -1.86. The average Bonchev–Trinajstić information content (AvgIpc) is 2.98. The molecule has 0 aromatic heterocycles. The lowest BCUT2D eigenvalue weighted by atomic mass is 9.70. The lowest BCUT2D eigenvalue weighted by molar-refractivity contribution is -0.145. The van der Waals surface area contributed by atoms with E-state index in [1.165, 1.54) is 5.56 Å². The summed E-state index contributed by atoms with van der Waals surface area (Å²) in [6.45, 7) is 19.9. The third-order valence-corrected chi connectivity index (χ3v) is 14.6. The van der Waals surface area contributed by atoms with Crippen LogP contribution in [0.1, 0.15) is 86.1 Å². The van der Waals surface area contributed by atoms with Gasteiger partial charge < -0.3 is 19.2 Å². The Kier molecular flexibility index (Phi) is 16.3. The van der Waals surface area contributed by atoms with Crippen molar-refractivity contribution in [1.29, 1.82) is 0 Å².